The first-order chi connectivity index (χ1) is 12.1. The second-order valence-corrected chi connectivity index (χ2v) is 9.57. The third-order valence-electron chi connectivity index (χ3n) is 4.81. The van der Waals surface area contributed by atoms with E-state index in [-0.39, 0.29) is 41.2 Å². The third kappa shape index (κ3) is 5.76. The Labute approximate surface area is 181 Å². The number of guanidine groups is 1. The van der Waals surface area contributed by atoms with Crippen molar-refractivity contribution in [2.24, 2.45) is 4.99 Å². The molecule has 0 bridgehead atoms. The molecule has 146 valence electrons. The highest BCUT2D eigenvalue weighted by molar-refractivity contribution is 14.0. The Balaban J connectivity index is 0.00000243. The summed E-state index contributed by atoms with van der Waals surface area (Å²) in [6, 6.07) is 2.13. The number of aliphatic imine (C=N–C) groups is 1. The fourth-order valence-corrected chi connectivity index (χ4v) is 5.43. The van der Waals surface area contributed by atoms with Crippen molar-refractivity contribution >= 4 is 58.9 Å². The zero-order valence-electron chi connectivity index (χ0n) is 15.5. The summed E-state index contributed by atoms with van der Waals surface area (Å²) >= 11 is 3.82. The minimum atomic E-state index is 0. The van der Waals surface area contributed by atoms with Gasteiger partial charge in [-0.3, -0.25) is 4.79 Å². The second kappa shape index (κ2) is 10.2. The van der Waals surface area contributed by atoms with Crippen LogP contribution in [0.1, 0.15) is 37.1 Å². The van der Waals surface area contributed by atoms with E-state index in [9.17, 15) is 4.79 Å². The van der Waals surface area contributed by atoms with Gasteiger partial charge in [0.15, 0.2) is 5.96 Å². The molecule has 0 saturated carbocycles. The normalized spacial score (nSPS) is 22.5. The van der Waals surface area contributed by atoms with Crippen molar-refractivity contribution in [3.05, 3.63) is 21.9 Å². The molecule has 1 unspecified atom stereocenters. The van der Waals surface area contributed by atoms with Crippen molar-refractivity contribution in [1.82, 2.24) is 15.5 Å². The van der Waals surface area contributed by atoms with Gasteiger partial charge in [-0.15, -0.1) is 35.3 Å². The van der Waals surface area contributed by atoms with Crippen molar-refractivity contribution in [2.45, 2.75) is 44.4 Å². The summed E-state index contributed by atoms with van der Waals surface area (Å²) in [5.74, 6) is 2.09. The average Bonchev–Trinajstić information content (AvgIpc) is 3.25. The smallest absolute Gasteiger partial charge is 0.244 e. The zero-order valence-corrected chi connectivity index (χ0v) is 19.5. The van der Waals surface area contributed by atoms with Crippen LogP contribution in [0.4, 0.5) is 0 Å². The lowest BCUT2D eigenvalue weighted by molar-refractivity contribution is -0.130. The van der Waals surface area contributed by atoms with Gasteiger partial charge in [0.25, 0.3) is 0 Å². The fraction of sp³-hybridized carbons (Fsp3) is 0.667. The Hall–Kier alpha value is -0.480. The molecule has 0 radical (unpaired) electrons. The number of thiophene rings is 1. The van der Waals surface area contributed by atoms with Crippen molar-refractivity contribution in [1.29, 1.82) is 0 Å². The zero-order chi connectivity index (χ0) is 17.7. The van der Waals surface area contributed by atoms with E-state index < -0.39 is 0 Å². The van der Waals surface area contributed by atoms with Gasteiger partial charge < -0.3 is 15.5 Å². The molecule has 3 rings (SSSR count). The highest BCUT2D eigenvalue weighted by Gasteiger charge is 2.29. The maximum absolute atomic E-state index is 12.5. The van der Waals surface area contributed by atoms with Crippen LogP contribution < -0.4 is 10.6 Å². The Morgan fingerprint density at radius 3 is 3.00 bits per heavy atom. The Morgan fingerprint density at radius 2 is 2.27 bits per heavy atom. The van der Waals surface area contributed by atoms with Crippen LogP contribution in [0.3, 0.4) is 0 Å². The minimum absolute atomic E-state index is 0. The molecule has 3 heterocycles. The van der Waals surface area contributed by atoms with Crippen LogP contribution in [-0.2, 0) is 17.8 Å². The molecule has 0 aliphatic carbocycles. The number of hydrogen-bond acceptors (Lipinski definition) is 4. The van der Waals surface area contributed by atoms with Gasteiger partial charge >= 0.3 is 0 Å². The van der Waals surface area contributed by atoms with Crippen LogP contribution in [0, 0.1) is 0 Å². The summed E-state index contributed by atoms with van der Waals surface area (Å²) in [5.41, 5.74) is 1.30. The molecular formula is C18H29IN4OS2. The van der Waals surface area contributed by atoms with Crippen LogP contribution in [0.5, 0.6) is 0 Å². The third-order valence-corrected chi connectivity index (χ3v) is 7.37. The van der Waals surface area contributed by atoms with Crippen molar-refractivity contribution in [3.8, 4) is 0 Å². The Kier molecular flexibility index (Phi) is 8.53. The lowest BCUT2D eigenvalue weighted by Crippen LogP contribution is -2.44. The van der Waals surface area contributed by atoms with E-state index in [0.717, 1.165) is 38.6 Å². The van der Waals surface area contributed by atoms with Gasteiger partial charge in [0.05, 0.1) is 0 Å². The summed E-state index contributed by atoms with van der Waals surface area (Å²) in [4.78, 5) is 20.4. The number of rotatable bonds is 5. The molecule has 1 atom stereocenters. The Bertz CT molecular complexity index is 628. The van der Waals surface area contributed by atoms with Crippen molar-refractivity contribution < 1.29 is 4.79 Å². The van der Waals surface area contributed by atoms with Gasteiger partial charge in [-0.2, -0.15) is 11.8 Å². The molecule has 1 amide bonds. The molecule has 1 aromatic rings. The molecule has 2 N–H and O–H groups in total. The molecular weight excluding hydrogens is 479 g/mol. The number of nitrogens with zero attached hydrogens (tertiary/aromatic N) is 2. The summed E-state index contributed by atoms with van der Waals surface area (Å²) in [6.07, 6.45) is 3.49. The predicted molar refractivity (Wildman–Crippen MR) is 123 cm³/mol. The summed E-state index contributed by atoms with van der Waals surface area (Å²) in [7, 11) is 0. The molecule has 2 aliphatic rings. The number of hydrogen-bond donors (Lipinski definition) is 2. The summed E-state index contributed by atoms with van der Waals surface area (Å²) in [5, 5.41) is 8.79. The summed E-state index contributed by atoms with van der Waals surface area (Å²) < 4.78 is 0.280. The van der Waals surface area contributed by atoms with Gasteiger partial charge in [0.1, 0.15) is 6.54 Å². The van der Waals surface area contributed by atoms with Gasteiger partial charge in [-0.1, -0.05) is 0 Å². The number of carbonyl (C=O) groups excluding carboxylic acids is 1. The van der Waals surface area contributed by atoms with E-state index in [1.54, 1.807) is 11.3 Å². The number of carbonyl (C=O) groups is 1. The van der Waals surface area contributed by atoms with E-state index in [2.05, 4.69) is 34.0 Å². The minimum Gasteiger partial charge on any atom is -0.357 e. The predicted octanol–water partition coefficient (Wildman–Crippen LogP) is 3.09. The van der Waals surface area contributed by atoms with Gasteiger partial charge in [-0.05, 0) is 55.9 Å². The second-order valence-electron chi connectivity index (χ2n) is 6.88. The van der Waals surface area contributed by atoms with E-state index in [1.165, 1.54) is 29.0 Å². The van der Waals surface area contributed by atoms with Crippen LogP contribution >= 0.6 is 47.1 Å². The first kappa shape index (κ1) is 21.8. The van der Waals surface area contributed by atoms with Crippen LogP contribution in [0.25, 0.3) is 0 Å². The highest BCUT2D eigenvalue weighted by atomic mass is 127. The van der Waals surface area contributed by atoms with E-state index in [1.807, 2.05) is 23.6 Å². The van der Waals surface area contributed by atoms with E-state index in [0.29, 0.717) is 0 Å². The average molecular weight is 508 g/mol. The number of fused-ring (bicyclic) bond motifs is 1. The van der Waals surface area contributed by atoms with Crippen LogP contribution in [-0.4, -0.2) is 53.4 Å². The van der Waals surface area contributed by atoms with Gasteiger partial charge in [-0.25, -0.2) is 4.99 Å². The first-order valence-electron chi connectivity index (χ1n) is 9.09. The lowest BCUT2D eigenvalue weighted by Gasteiger charge is -2.27. The molecule has 8 heteroatoms. The maximum atomic E-state index is 12.5. The molecule has 1 aromatic heterocycles. The molecule has 1 fully saturated rings. The van der Waals surface area contributed by atoms with Crippen LogP contribution in [0.2, 0.25) is 0 Å². The molecule has 26 heavy (non-hydrogen) atoms. The van der Waals surface area contributed by atoms with E-state index in [4.69, 9.17) is 0 Å². The molecule has 2 aliphatic heterocycles. The van der Waals surface area contributed by atoms with Gasteiger partial charge in [0.2, 0.25) is 5.91 Å². The standard InChI is InChI=1S/C18H28N4OS2.HI/c1-3-19-17(21-13-18(2)7-4-9-25-18)20-11-16(23)22-8-5-15-14(12-22)6-10-24-15;/h6,10H,3-5,7-9,11-13H2,1-2H3,(H2,19,20,21);1H. The van der Waals surface area contributed by atoms with Gasteiger partial charge in [0, 0.05) is 35.8 Å². The maximum Gasteiger partial charge on any atom is 0.244 e. The fourth-order valence-electron chi connectivity index (χ4n) is 3.30. The van der Waals surface area contributed by atoms with Crippen LogP contribution in [0.15, 0.2) is 16.4 Å². The topological polar surface area (TPSA) is 56.7 Å². The quantitative estimate of drug-likeness (QED) is 0.365. The summed E-state index contributed by atoms with van der Waals surface area (Å²) in [6.45, 7) is 7.78. The molecule has 5 nitrogen and oxygen atoms in total. The number of amides is 1. The largest absolute Gasteiger partial charge is 0.357 e. The molecule has 0 aromatic carbocycles. The number of thioether (sulfide) groups is 1. The SMILES string of the molecule is CCNC(=NCC(=O)N1CCc2sccc2C1)NCC1(C)CCCS1.I. The Morgan fingerprint density at radius 1 is 1.42 bits per heavy atom. The number of halogens is 1. The monoisotopic (exact) mass is 508 g/mol. The molecule has 1 saturated heterocycles. The lowest BCUT2D eigenvalue weighted by atomic mass is 10.1. The van der Waals surface area contributed by atoms with Crippen molar-refractivity contribution in [2.75, 3.05) is 31.9 Å². The number of nitrogens with one attached hydrogen (secondary N) is 2. The molecule has 0 spiro atoms. The first-order valence-corrected chi connectivity index (χ1v) is 11.0. The van der Waals surface area contributed by atoms with E-state index >= 15 is 0 Å². The van der Waals surface area contributed by atoms with Crippen molar-refractivity contribution in [3.63, 3.8) is 0 Å². The highest BCUT2D eigenvalue weighted by Crippen LogP contribution is 2.36.